The fourth-order valence-corrected chi connectivity index (χ4v) is 10.4. The van der Waals surface area contributed by atoms with E-state index >= 15 is 4.39 Å². The Kier molecular flexibility index (Phi) is 7.41. The second-order valence-corrected chi connectivity index (χ2v) is 16.3. The van der Waals surface area contributed by atoms with Crippen molar-refractivity contribution < 1.29 is 9.18 Å². The molecule has 4 bridgehead atoms. The molecule has 6 atom stereocenters. The highest BCUT2D eigenvalue weighted by molar-refractivity contribution is 6.43. The van der Waals surface area contributed by atoms with Crippen LogP contribution in [0, 0.1) is 41.8 Å². The van der Waals surface area contributed by atoms with Crippen LogP contribution in [0.1, 0.15) is 61.1 Å². The monoisotopic (exact) mass is 737 g/mol. The van der Waals surface area contributed by atoms with Gasteiger partial charge in [-0.2, -0.15) is 15.3 Å². The molecule has 6 fully saturated rings. The molecule has 11 rings (SSSR count). The number of amides is 1. The summed E-state index contributed by atoms with van der Waals surface area (Å²) in [5.74, 6) is 1.27. The molecule has 52 heavy (non-hydrogen) atoms. The van der Waals surface area contributed by atoms with E-state index in [1.165, 1.54) is 0 Å². The molecular formula is C39H38Cl2FN9O. The molecule has 6 unspecified atom stereocenters. The van der Waals surface area contributed by atoms with Crippen LogP contribution in [0.5, 0.6) is 0 Å². The van der Waals surface area contributed by atoms with Gasteiger partial charge in [-0.25, -0.2) is 14.1 Å². The lowest BCUT2D eigenvalue weighted by atomic mass is 9.79. The number of aromatic nitrogens is 5. The Morgan fingerprint density at radius 3 is 2.69 bits per heavy atom. The number of aryl methyl sites for hydroxylation is 3. The number of anilines is 1. The maximum absolute atomic E-state index is 17.3. The Labute approximate surface area is 310 Å². The number of hydrogen-bond acceptors (Lipinski definition) is 7. The Balaban J connectivity index is 1.22. The minimum absolute atomic E-state index is 0.0484. The van der Waals surface area contributed by atoms with Gasteiger partial charge in [0.2, 0.25) is 11.9 Å². The SMILES string of the molecule is Cc1nc2c(F)c(-c3cccc(Cl)c3Cl)c(CCC#N)cc2c2c1cc(C1C3CC(CN(c4ncnn4C)C3)N1C(=O)C1CC1)n2C1C2CNC1C2. The Hall–Kier alpha value is -4.24. The van der Waals surface area contributed by atoms with Crippen molar-refractivity contribution in [1.82, 2.24) is 34.5 Å². The summed E-state index contributed by atoms with van der Waals surface area (Å²) in [5, 5.41) is 20.0. The van der Waals surface area contributed by atoms with Crippen LogP contribution in [0.4, 0.5) is 10.3 Å². The number of fused-ring (bicyclic) bond motifs is 6. The maximum Gasteiger partial charge on any atom is 0.226 e. The van der Waals surface area contributed by atoms with E-state index in [2.05, 4.69) is 41.9 Å². The molecule has 0 radical (unpaired) electrons. The van der Waals surface area contributed by atoms with Crippen molar-refractivity contribution in [3.8, 4) is 17.2 Å². The van der Waals surface area contributed by atoms with Gasteiger partial charge in [-0.05, 0) is 68.7 Å². The Morgan fingerprint density at radius 2 is 1.98 bits per heavy atom. The van der Waals surface area contributed by atoms with E-state index in [0.717, 1.165) is 67.0 Å². The fraction of sp³-hybridized carbons (Fsp3) is 0.462. The second-order valence-electron chi connectivity index (χ2n) is 15.5. The molecule has 4 saturated heterocycles. The smallest absolute Gasteiger partial charge is 0.226 e. The van der Waals surface area contributed by atoms with Gasteiger partial charge in [-0.3, -0.25) is 4.79 Å². The number of carbonyl (C=O) groups is 1. The third-order valence-electron chi connectivity index (χ3n) is 12.5. The lowest BCUT2D eigenvalue weighted by molar-refractivity contribution is -0.135. The number of nitriles is 1. The minimum atomic E-state index is -0.467. The molecule has 3 aromatic heterocycles. The number of piperidine rings is 1. The van der Waals surface area contributed by atoms with E-state index in [1.54, 1.807) is 24.5 Å². The van der Waals surface area contributed by atoms with Crippen molar-refractivity contribution in [2.75, 3.05) is 24.5 Å². The van der Waals surface area contributed by atoms with Crippen molar-refractivity contribution in [1.29, 1.82) is 5.26 Å². The van der Waals surface area contributed by atoms with Crippen LogP contribution in [-0.2, 0) is 18.3 Å². The number of nitrogens with one attached hydrogen (secondary N) is 1. The molecule has 10 nitrogen and oxygen atoms in total. The highest BCUT2D eigenvalue weighted by Gasteiger charge is 2.55. The number of likely N-dealkylation sites (tertiary alicyclic amines) is 1. The summed E-state index contributed by atoms with van der Waals surface area (Å²) in [6.45, 7) is 4.35. The van der Waals surface area contributed by atoms with Crippen molar-refractivity contribution in [2.24, 2.45) is 24.8 Å². The molecule has 13 heteroatoms. The summed E-state index contributed by atoms with van der Waals surface area (Å²) < 4.78 is 21.6. The summed E-state index contributed by atoms with van der Waals surface area (Å²) in [7, 11) is 1.91. The Bertz CT molecular complexity index is 2350. The molecule has 5 aromatic rings. The van der Waals surface area contributed by atoms with Gasteiger partial charge in [0.05, 0.1) is 39.8 Å². The maximum atomic E-state index is 17.3. The lowest BCUT2D eigenvalue weighted by Crippen LogP contribution is -2.45. The van der Waals surface area contributed by atoms with Crippen LogP contribution >= 0.6 is 23.2 Å². The van der Waals surface area contributed by atoms with Crippen LogP contribution < -0.4 is 10.2 Å². The minimum Gasteiger partial charge on any atom is -0.339 e. The average molecular weight is 739 g/mol. The molecule has 6 aliphatic rings. The first-order chi connectivity index (χ1) is 25.2. The van der Waals surface area contributed by atoms with Crippen LogP contribution in [0.3, 0.4) is 0 Å². The molecule has 4 aliphatic heterocycles. The average Bonchev–Trinajstić information content (AvgIpc) is 3.46. The third kappa shape index (κ3) is 4.69. The standard InChI is InChI=1S/C39H38Cl2FN9O/c1-19-26-14-30(36-23-11-24(50(36)38(52)20-8-9-20)17-49(16-23)39-45-18-46-48(39)2)51(35-22-13-29(35)44-15-22)37(26)27-12-21(5-4-10-43)31(33(42)34(27)47-19)25-6-3-7-28(40)32(25)41/h3,6-7,12,14,18,20,22-24,29,35-36,44H,4-5,8-9,11,13,15-17H2,1-2H3. The zero-order valence-electron chi connectivity index (χ0n) is 29.0. The van der Waals surface area contributed by atoms with Crippen LogP contribution in [-0.4, -0.2) is 66.8 Å². The summed E-state index contributed by atoms with van der Waals surface area (Å²) in [6, 6.07) is 12.1. The van der Waals surface area contributed by atoms with E-state index in [4.69, 9.17) is 28.2 Å². The molecule has 1 amide bonds. The molecular weight excluding hydrogens is 700 g/mol. The van der Waals surface area contributed by atoms with Crippen molar-refractivity contribution in [3.63, 3.8) is 0 Å². The van der Waals surface area contributed by atoms with Gasteiger partial charge < -0.3 is 19.7 Å². The van der Waals surface area contributed by atoms with Gasteiger partial charge in [-0.15, -0.1) is 0 Å². The second kappa shape index (κ2) is 11.9. The van der Waals surface area contributed by atoms with Gasteiger partial charge in [0.25, 0.3) is 0 Å². The predicted molar refractivity (Wildman–Crippen MR) is 198 cm³/mol. The quantitative estimate of drug-likeness (QED) is 0.193. The van der Waals surface area contributed by atoms with E-state index in [9.17, 15) is 10.1 Å². The first-order valence-corrected chi connectivity index (χ1v) is 19.1. The first-order valence-electron chi connectivity index (χ1n) is 18.4. The normalized spacial score (nSPS) is 26.4. The molecule has 7 heterocycles. The highest BCUT2D eigenvalue weighted by atomic mass is 35.5. The fourth-order valence-electron chi connectivity index (χ4n) is 10.0. The van der Waals surface area contributed by atoms with E-state index in [1.807, 2.05) is 24.7 Å². The molecule has 1 N–H and O–H groups in total. The number of hydrogen-bond donors (Lipinski definition) is 1. The number of benzene rings is 2. The van der Waals surface area contributed by atoms with Crippen molar-refractivity contribution >= 4 is 56.9 Å². The zero-order valence-corrected chi connectivity index (χ0v) is 30.5. The first kappa shape index (κ1) is 32.4. The number of pyridine rings is 1. The number of nitrogens with zero attached hydrogens (tertiary/aromatic N) is 8. The van der Waals surface area contributed by atoms with E-state index in [-0.39, 0.29) is 52.8 Å². The molecule has 2 aromatic carbocycles. The lowest BCUT2D eigenvalue weighted by Gasteiger charge is -2.40. The largest absolute Gasteiger partial charge is 0.339 e. The summed E-state index contributed by atoms with van der Waals surface area (Å²) in [5.41, 5.74) is 4.57. The molecule has 0 spiro atoms. The number of rotatable bonds is 7. The topological polar surface area (TPSA) is 108 Å². The molecule has 2 saturated carbocycles. The molecule has 266 valence electrons. The number of halogens is 3. The van der Waals surface area contributed by atoms with Crippen molar-refractivity contribution in [2.45, 2.75) is 69.6 Å². The van der Waals surface area contributed by atoms with Crippen LogP contribution in [0.15, 0.2) is 36.7 Å². The van der Waals surface area contributed by atoms with Crippen LogP contribution in [0.2, 0.25) is 10.0 Å². The van der Waals surface area contributed by atoms with Crippen LogP contribution in [0.25, 0.3) is 32.9 Å². The summed E-state index contributed by atoms with van der Waals surface area (Å²) in [4.78, 5) is 28.4. The highest BCUT2D eigenvalue weighted by Crippen LogP contribution is 2.54. The molecule has 2 aliphatic carbocycles. The predicted octanol–water partition coefficient (Wildman–Crippen LogP) is 6.92. The third-order valence-corrected chi connectivity index (χ3v) is 13.3. The summed E-state index contributed by atoms with van der Waals surface area (Å²) >= 11 is 13.2. The van der Waals surface area contributed by atoms with Gasteiger partial charge in [0, 0.05) is 84.3 Å². The van der Waals surface area contributed by atoms with Gasteiger partial charge >= 0.3 is 0 Å². The van der Waals surface area contributed by atoms with Gasteiger partial charge in [0.1, 0.15) is 11.8 Å². The summed E-state index contributed by atoms with van der Waals surface area (Å²) in [6.07, 6.45) is 6.02. The zero-order chi connectivity index (χ0) is 35.6. The van der Waals surface area contributed by atoms with Crippen molar-refractivity contribution in [3.05, 3.63) is 69.5 Å². The van der Waals surface area contributed by atoms with E-state index in [0.29, 0.717) is 52.0 Å². The van der Waals surface area contributed by atoms with E-state index < -0.39 is 5.82 Å². The number of carbonyl (C=O) groups excluding carboxylic acids is 1. The van der Waals surface area contributed by atoms with Gasteiger partial charge in [-0.1, -0.05) is 35.3 Å². The Morgan fingerprint density at radius 1 is 1.13 bits per heavy atom. The van der Waals surface area contributed by atoms with Gasteiger partial charge in [0.15, 0.2) is 5.82 Å².